The molecule has 1 aromatic rings. The van der Waals surface area contributed by atoms with Crippen LogP contribution < -0.4 is 5.11 Å². The maximum Gasteiger partial charge on any atom is -0.00899 e. The molecule has 0 radical (unpaired) electrons. The van der Waals surface area contributed by atoms with Gasteiger partial charge in [-0.15, -0.1) is 13.7 Å². The predicted octanol–water partition coefficient (Wildman–Crippen LogP) is 5.09. The van der Waals surface area contributed by atoms with Crippen molar-refractivity contribution >= 4 is 13.7 Å². The van der Waals surface area contributed by atoms with Crippen molar-refractivity contribution in [3.63, 3.8) is 0 Å². The van der Waals surface area contributed by atoms with Gasteiger partial charge in [0.2, 0.25) is 0 Å². The maximum atomic E-state index is 12.8. The molecule has 1 rings (SSSR count). The highest BCUT2D eigenvalue weighted by Crippen LogP contribution is 2.29. The van der Waals surface area contributed by atoms with Gasteiger partial charge in [0, 0.05) is 0 Å². The Morgan fingerprint density at radius 3 is 1.73 bits per heavy atom. The Bertz CT molecular complexity index is 547. The van der Waals surface area contributed by atoms with Crippen LogP contribution in [0, 0.1) is 46.0 Å². The van der Waals surface area contributed by atoms with Crippen molar-refractivity contribution in [1.82, 2.24) is 0 Å². The van der Waals surface area contributed by atoms with Gasteiger partial charge < -0.3 is 5.11 Å². The normalized spacial score (nSPS) is 14.4. The number of hydrogen-bond donors (Lipinski definition) is 0. The average Bonchev–Trinajstić information content (AvgIpc) is 2.39. The molecule has 1 atom stereocenters. The minimum Gasteiger partial charge on any atom is -0.824 e. The van der Waals surface area contributed by atoms with E-state index in [1.54, 1.807) is 0 Å². The molecule has 0 spiro atoms. The van der Waals surface area contributed by atoms with E-state index in [-0.39, 0.29) is 0 Å². The molecule has 0 aliphatic rings. The highest BCUT2D eigenvalue weighted by Gasteiger charge is 2.15. The van der Waals surface area contributed by atoms with Crippen LogP contribution in [-0.4, -0.2) is 11.6 Å². The molecule has 0 bridgehead atoms. The number of rotatable bonds is 4. The van der Waals surface area contributed by atoms with Crippen LogP contribution in [0.1, 0.15) is 67.5 Å². The third-order valence-electron chi connectivity index (χ3n) is 4.72. The van der Waals surface area contributed by atoms with Crippen LogP contribution in [-0.2, 0) is 0 Å². The number of hydrogen-bond acceptors (Lipinski definition) is 1. The highest BCUT2D eigenvalue weighted by atomic mass is 31.1. The first kappa shape index (κ1) is 19.4. The summed E-state index contributed by atoms with van der Waals surface area (Å²) in [5.41, 5.74) is 7.79. The Balaban J connectivity index is 3.09. The standard InChI is InChI=1S/C20H33OP/c1-12(10-20(7,8)9)11-22-19(21)18-16(5)14(3)13(2)15(4)17(18)6/h12,21H,10-11H2,1-9H3/p-1. The molecule has 0 saturated heterocycles. The summed E-state index contributed by atoms with van der Waals surface area (Å²) in [6.07, 6.45) is 2.12. The van der Waals surface area contributed by atoms with Crippen LogP contribution in [0.2, 0.25) is 0 Å². The van der Waals surface area contributed by atoms with Crippen LogP contribution in [0.15, 0.2) is 0 Å². The number of benzene rings is 1. The molecule has 1 unspecified atom stereocenters. The second-order valence-corrected chi connectivity index (χ2v) is 9.10. The zero-order valence-corrected chi connectivity index (χ0v) is 16.7. The van der Waals surface area contributed by atoms with Gasteiger partial charge in [-0.3, -0.25) is 0 Å². The Morgan fingerprint density at radius 2 is 1.32 bits per heavy atom. The topological polar surface area (TPSA) is 23.1 Å². The minimum atomic E-state index is 0.293. The molecule has 22 heavy (non-hydrogen) atoms. The summed E-state index contributed by atoms with van der Waals surface area (Å²) in [5, 5.41) is 12.8. The van der Waals surface area contributed by atoms with Crippen LogP contribution in [0.4, 0.5) is 0 Å². The summed E-state index contributed by atoms with van der Waals surface area (Å²) in [6.45, 7) is 19.7. The molecule has 0 amide bonds. The Labute approximate surface area is 139 Å². The van der Waals surface area contributed by atoms with E-state index in [1.807, 2.05) is 0 Å². The van der Waals surface area contributed by atoms with Crippen molar-refractivity contribution in [1.29, 1.82) is 0 Å². The van der Waals surface area contributed by atoms with Gasteiger partial charge >= 0.3 is 0 Å². The molecule has 0 aromatic heterocycles. The monoisotopic (exact) mass is 319 g/mol. The lowest BCUT2D eigenvalue weighted by Crippen LogP contribution is -2.21. The molecule has 124 valence electrons. The molecule has 2 heteroatoms. The van der Waals surface area contributed by atoms with Gasteiger partial charge in [-0.1, -0.05) is 27.7 Å². The van der Waals surface area contributed by atoms with Crippen LogP contribution in [0.3, 0.4) is 0 Å². The second-order valence-electron chi connectivity index (χ2n) is 8.02. The fourth-order valence-electron chi connectivity index (χ4n) is 3.25. The lowest BCUT2D eigenvalue weighted by molar-refractivity contribution is -0.207. The van der Waals surface area contributed by atoms with E-state index >= 15 is 0 Å². The van der Waals surface area contributed by atoms with Gasteiger partial charge in [0.15, 0.2) is 0 Å². The SMILES string of the molecule is Cc1c(C)c(C)c(C([O-])=PCC(C)CC(C)(C)C)c(C)c1C. The van der Waals surface area contributed by atoms with Gasteiger partial charge in [-0.25, -0.2) is 0 Å². The van der Waals surface area contributed by atoms with Crippen LogP contribution in [0.25, 0.3) is 0 Å². The first-order valence-electron chi connectivity index (χ1n) is 8.24. The molecule has 1 nitrogen and oxygen atoms in total. The first-order chi connectivity index (χ1) is 9.95. The smallest absolute Gasteiger partial charge is 0.00899 e. The molecular weight excluding hydrogens is 287 g/mol. The molecule has 0 aliphatic carbocycles. The molecule has 0 heterocycles. The molecule has 0 N–H and O–H groups in total. The largest absolute Gasteiger partial charge is 0.824 e. The summed E-state index contributed by atoms with van der Waals surface area (Å²) in [4.78, 5) is 0. The van der Waals surface area contributed by atoms with Gasteiger partial charge in [0.1, 0.15) is 0 Å². The van der Waals surface area contributed by atoms with Gasteiger partial charge in [0.05, 0.1) is 0 Å². The van der Waals surface area contributed by atoms with Crippen LogP contribution >= 0.6 is 8.20 Å². The van der Waals surface area contributed by atoms with Gasteiger partial charge in [-0.2, -0.15) is 0 Å². The quantitative estimate of drug-likeness (QED) is 0.709. The van der Waals surface area contributed by atoms with Crippen molar-refractivity contribution in [2.45, 2.75) is 68.7 Å². The van der Waals surface area contributed by atoms with Gasteiger partial charge in [-0.05, 0) is 91.9 Å². The van der Waals surface area contributed by atoms with Crippen molar-refractivity contribution in [2.75, 3.05) is 6.16 Å². The third-order valence-corrected chi connectivity index (χ3v) is 6.04. The average molecular weight is 319 g/mol. The van der Waals surface area contributed by atoms with E-state index in [1.165, 1.54) is 27.8 Å². The van der Waals surface area contributed by atoms with E-state index in [9.17, 15) is 5.11 Å². The first-order valence-corrected chi connectivity index (χ1v) is 9.32. The molecule has 0 fully saturated rings. The van der Waals surface area contributed by atoms with Crippen molar-refractivity contribution < 1.29 is 5.11 Å². The fraction of sp³-hybridized carbons (Fsp3) is 0.650. The minimum absolute atomic E-state index is 0.293. The third kappa shape index (κ3) is 4.67. The molecule has 0 aliphatic heterocycles. The van der Waals surface area contributed by atoms with E-state index in [0.29, 0.717) is 16.8 Å². The molecule has 1 aromatic carbocycles. The van der Waals surface area contributed by atoms with Gasteiger partial charge in [0.25, 0.3) is 0 Å². The zero-order valence-electron chi connectivity index (χ0n) is 15.8. The maximum absolute atomic E-state index is 12.8. The predicted molar refractivity (Wildman–Crippen MR) is 99.3 cm³/mol. The van der Waals surface area contributed by atoms with Crippen molar-refractivity contribution in [3.8, 4) is 0 Å². The summed E-state index contributed by atoms with van der Waals surface area (Å²) in [5.74, 6) is 0.582. The van der Waals surface area contributed by atoms with E-state index in [2.05, 4.69) is 62.3 Å². The summed E-state index contributed by atoms with van der Waals surface area (Å²) < 4.78 is 0. The molecular formula is C20H32OP-. The second kappa shape index (κ2) is 7.28. The fourth-order valence-corrected chi connectivity index (χ4v) is 4.35. The Morgan fingerprint density at radius 1 is 0.909 bits per heavy atom. The zero-order chi connectivity index (χ0) is 17.2. The highest BCUT2D eigenvalue weighted by molar-refractivity contribution is 7.40. The summed E-state index contributed by atoms with van der Waals surface area (Å²) in [6, 6.07) is 0. The van der Waals surface area contributed by atoms with Crippen molar-refractivity contribution in [2.24, 2.45) is 11.3 Å². The van der Waals surface area contributed by atoms with Crippen LogP contribution in [0.5, 0.6) is 0 Å². The van der Waals surface area contributed by atoms with E-state index in [0.717, 1.165) is 26.4 Å². The summed E-state index contributed by atoms with van der Waals surface area (Å²) in [7, 11) is 0.942. The Hall–Kier alpha value is -0.650. The van der Waals surface area contributed by atoms with E-state index in [4.69, 9.17) is 0 Å². The summed E-state index contributed by atoms with van der Waals surface area (Å²) >= 11 is 0. The lowest BCUT2D eigenvalue weighted by atomic mass is 9.86. The molecule has 0 saturated carbocycles. The Kier molecular flexibility index (Phi) is 6.42. The lowest BCUT2D eigenvalue weighted by Gasteiger charge is -2.25. The van der Waals surface area contributed by atoms with E-state index < -0.39 is 0 Å². The van der Waals surface area contributed by atoms with Crippen molar-refractivity contribution in [3.05, 3.63) is 33.4 Å².